The number of rotatable bonds is 5. The molecule has 1 aromatic heterocycles. The highest BCUT2D eigenvalue weighted by Crippen LogP contribution is 2.15. The second-order valence-electron chi connectivity index (χ2n) is 3.99. The van der Waals surface area contributed by atoms with Crippen LogP contribution in [0.4, 0.5) is 5.69 Å². The molecule has 1 aromatic carbocycles. The van der Waals surface area contributed by atoms with Gasteiger partial charge in [0, 0.05) is 29.7 Å². The van der Waals surface area contributed by atoms with Gasteiger partial charge >= 0.3 is 5.97 Å². The summed E-state index contributed by atoms with van der Waals surface area (Å²) in [4.78, 5) is 15.4. The van der Waals surface area contributed by atoms with Crippen LogP contribution < -0.4 is 10.5 Å². The van der Waals surface area contributed by atoms with Gasteiger partial charge in [0.1, 0.15) is 12.4 Å². The maximum absolute atomic E-state index is 11.5. The van der Waals surface area contributed by atoms with Crippen LogP contribution in [0.5, 0.6) is 5.75 Å². The van der Waals surface area contributed by atoms with E-state index in [0.717, 1.165) is 0 Å². The van der Waals surface area contributed by atoms with Gasteiger partial charge in [0.25, 0.3) is 0 Å². The highest BCUT2D eigenvalue weighted by Gasteiger charge is 2.07. The first-order valence-corrected chi connectivity index (χ1v) is 6.25. The number of nitrogens with two attached hydrogens (primary N) is 1. The Balaban J connectivity index is 1.80. The van der Waals surface area contributed by atoms with Crippen LogP contribution in [0.25, 0.3) is 0 Å². The SMILES string of the molecule is Nc1cccc(OCC(=O)OCc2ccncc2Cl)c1. The Morgan fingerprint density at radius 2 is 2.20 bits per heavy atom. The number of pyridine rings is 1. The van der Waals surface area contributed by atoms with Crippen LogP contribution >= 0.6 is 11.6 Å². The number of halogens is 1. The van der Waals surface area contributed by atoms with Crippen LogP contribution in [-0.2, 0) is 16.1 Å². The third-order valence-electron chi connectivity index (χ3n) is 2.46. The van der Waals surface area contributed by atoms with E-state index in [1.165, 1.54) is 6.20 Å². The minimum absolute atomic E-state index is 0.0838. The van der Waals surface area contributed by atoms with Gasteiger partial charge in [0.05, 0.1) is 5.02 Å². The fraction of sp³-hybridized carbons (Fsp3) is 0.143. The number of carbonyl (C=O) groups is 1. The van der Waals surface area contributed by atoms with E-state index in [4.69, 9.17) is 26.8 Å². The largest absolute Gasteiger partial charge is 0.482 e. The Hall–Kier alpha value is -2.27. The van der Waals surface area contributed by atoms with Gasteiger partial charge in [-0.15, -0.1) is 0 Å². The number of benzene rings is 1. The van der Waals surface area contributed by atoms with Crippen molar-refractivity contribution in [2.24, 2.45) is 0 Å². The first-order valence-electron chi connectivity index (χ1n) is 5.87. The summed E-state index contributed by atoms with van der Waals surface area (Å²) in [5.41, 5.74) is 6.86. The predicted octanol–water partition coefficient (Wildman–Crippen LogP) is 2.44. The van der Waals surface area contributed by atoms with E-state index in [9.17, 15) is 4.79 Å². The van der Waals surface area contributed by atoms with Gasteiger partial charge in [-0.3, -0.25) is 4.98 Å². The molecule has 0 aliphatic rings. The lowest BCUT2D eigenvalue weighted by Crippen LogP contribution is -2.15. The van der Waals surface area contributed by atoms with Gasteiger partial charge in [-0.05, 0) is 18.2 Å². The number of ether oxygens (including phenoxy) is 2. The molecule has 2 N–H and O–H groups in total. The monoisotopic (exact) mass is 292 g/mol. The van der Waals surface area contributed by atoms with E-state index in [-0.39, 0.29) is 13.2 Å². The zero-order valence-corrected chi connectivity index (χ0v) is 11.3. The van der Waals surface area contributed by atoms with Gasteiger partial charge in [0.15, 0.2) is 6.61 Å². The Bertz CT molecular complexity index is 604. The van der Waals surface area contributed by atoms with Crippen molar-refractivity contribution < 1.29 is 14.3 Å². The van der Waals surface area contributed by atoms with Gasteiger partial charge in [0.2, 0.25) is 0 Å². The van der Waals surface area contributed by atoms with Crippen LogP contribution in [0, 0.1) is 0 Å². The molecule has 2 rings (SSSR count). The number of aromatic nitrogens is 1. The molecule has 0 amide bonds. The molecule has 1 heterocycles. The summed E-state index contributed by atoms with van der Waals surface area (Å²) in [5.74, 6) is 0.0317. The van der Waals surface area contributed by atoms with Gasteiger partial charge in [-0.25, -0.2) is 4.79 Å². The summed E-state index contributed by atoms with van der Waals surface area (Å²) >= 11 is 5.90. The summed E-state index contributed by atoms with van der Waals surface area (Å²) in [6, 6.07) is 8.51. The minimum Gasteiger partial charge on any atom is -0.482 e. The van der Waals surface area contributed by atoms with Crippen molar-refractivity contribution in [3.63, 3.8) is 0 Å². The van der Waals surface area contributed by atoms with Crippen molar-refractivity contribution in [3.05, 3.63) is 53.3 Å². The molecule has 0 spiro atoms. The van der Waals surface area contributed by atoms with Crippen LogP contribution in [0.2, 0.25) is 5.02 Å². The number of nitrogens with zero attached hydrogens (tertiary/aromatic N) is 1. The Labute approximate surface area is 121 Å². The Morgan fingerprint density at radius 1 is 1.35 bits per heavy atom. The van der Waals surface area contributed by atoms with E-state index < -0.39 is 5.97 Å². The average Bonchev–Trinajstić information content (AvgIpc) is 2.44. The van der Waals surface area contributed by atoms with E-state index >= 15 is 0 Å². The van der Waals surface area contributed by atoms with Crippen molar-refractivity contribution in [1.82, 2.24) is 4.98 Å². The third kappa shape index (κ3) is 4.13. The van der Waals surface area contributed by atoms with Crippen LogP contribution in [0.15, 0.2) is 42.7 Å². The molecule has 0 saturated heterocycles. The molecule has 0 saturated carbocycles. The molecule has 6 heteroatoms. The molecule has 0 unspecified atom stereocenters. The topological polar surface area (TPSA) is 74.4 Å². The van der Waals surface area contributed by atoms with E-state index in [2.05, 4.69) is 4.98 Å². The lowest BCUT2D eigenvalue weighted by Gasteiger charge is -2.08. The van der Waals surface area contributed by atoms with Crippen molar-refractivity contribution in [2.45, 2.75) is 6.61 Å². The quantitative estimate of drug-likeness (QED) is 0.677. The van der Waals surface area contributed by atoms with E-state index in [1.807, 2.05) is 0 Å². The summed E-state index contributed by atoms with van der Waals surface area (Å²) in [6.07, 6.45) is 3.08. The van der Waals surface area contributed by atoms with Crippen molar-refractivity contribution in [3.8, 4) is 5.75 Å². The highest BCUT2D eigenvalue weighted by molar-refractivity contribution is 6.31. The summed E-state index contributed by atoms with van der Waals surface area (Å²) < 4.78 is 10.3. The standard InChI is InChI=1S/C14H13ClN2O3/c15-13-7-17-5-4-10(13)8-20-14(18)9-19-12-3-1-2-11(16)6-12/h1-7H,8-9,16H2. The zero-order chi connectivity index (χ0) is 14.4. The molecule has 2 aromatic rings. The zero-order valence-electron chi connectivity index (χ0n) is 10.6. The normalized spacial score (nSPS) is 10.1. The second-order valence-corrected chi connectivity index (χ2v) is 4.40. The number of hydrogen-bond donors (Lipinski definition) is 1. The van der Waals surface area contributed by atoms with E-state index in [1.54, 1.807) is 36.5 Å². The molecule has 20 heavy (non-hydrogen) atoms. The lowest BCUT2D eigenvalue weighted by molar-refractivity contribution is -0.147. The second kappa shape index (κ2) is 6.77. The maximum Gasteiger partial charge on any atom is 0.344 e. The summed E-state index contributed by atoms with van der Waals surface area (Å²) in [7, 11) is 0. The molecule has 0 bridgehead atoms. The predicted molar refractivity (Wildman–Crippen MR) is 75.4 cm³/mol. The van der Waals surface area contributed by atoms with E-state index in [0.29, 0.717) is 22.0 Å². The van der Waals surface area contributed by atoms with Crippen molar-refractivity contribution in [2.75, 3.05) is 12.3 Å². The number of anilines is 1. The maximum atomic E-state index is 11.5. The Kier molecular flexibility index (Phi) is 4.79. The van der Waals surface area contributed by atoms with Gasteiger partial charge < -0.3 is 15.2 Å². The van der Waals surface area contributed by atoms with Crippen LogP contribution in [-0.4, -0.2) is 17.6 Å². The number of carbonyl (C=O) groups excluding carboxylic acids is 1. The third-order valence-corrected chi connectivity index (χ3v) is 2.80. The molecule has 0 fully saturated rings. The number of hydrogen-bond acceptors (Lipinski definition) is 5. The smallest absolute Gasteiger partial charge is 0.344 e. The fourth-order valence-electron chi connectivity index (χ4n) is 1.47. The van der Waals surface area contributed by atoms with Crippen LogP contribution in [0.3, 0.4) is 0 Å². The highest BCUT2D eigenvalue weighted by atomic mass is 35.5. The molecule has 5 nitrogen and oxygen atoms in total. The number of esters is 1. The minimum atomic E-state index is -0.486. The molecular formula is C14H13ClN2O3. The molecule has 0 aliphatic carbocycles. The van der Waals surface area contributed by atoms with Gasteiger partial charge in [-0.1, -0.05) is 17.7 Å². The van der Waals surface area contributed by atoms with Gasteiger partial charge in [-0.2, -0.15) is 0 Å². The summed E-state index contributed by atoms with van der Waals surface area (Å²) in [5, 5.41) is 0.456. The molecule has 104 valence electrons. The molecular weight excluding hydrogens is 280 g/mol. The van der Waals surface area contributed by atoms with Crippen LogP contribution in [0.1, 0.15) is 5.56 Å². The summed E-state index contributed by atoms with van der Waals surface area (Å²) in [6.45, 7) is -0.105. The Morgan fingerprint density at radius 3 is 2.95 bits per heavy atom. The van der Waals surface area contributed by atoms with Crippen molar-refractivity contribution >= 4 is 23.3 Å². The molecule has 0 atom stereocenters. The fourth-order valence-corrected chi connectivity index (χ4v) is 1.64. The first-order chi connectivity index (χ1) is 9.65. The molecule has 0 radical (unpaired) electrons. The number of nitrogen functional groups attached to an aromatic ring is 1. The average molecular weight is 293 g/mol. The lowest BCUT2D eigenvalue weighted by atomic mass is 10.3. The first kappa shape index (κ1) is 14.1. The molecule has 0 aliphatic heterocycles. The van der Waals surface area contributed by atoms with Crippen molar-refractivity contribution in [1.29, 1.82) is 0 Å².